The lowest BCUT2D eigenvalue weighted by Gasteiger charge is -2.14. The van der Waals surface area contributed by atoms with Crippen LogP contribution in [-0.4, -0.2) is 32.6 Å². The second-order valence-corrected chi connectivity index (χ2v) is 3.79. The van der Waals surface area contributed by atoms with Crippen LogP contribution in [0, 0.1) is 16.0 Å². The lowest BCUT2D eigenvalue weighted by molar-refractivity contribution is -0.385. The third-order valence-electron chi connectivity index (χ3n) is 2.55. The second kappa shape index (κ2) is 4.40. The van der Waals surface area contributed by atoms with E-state index in [0.717, 1.165) is 25.2 Å². The summed E-state index contributed by atoms with van der Waals surface area (Å²) in [6.07, 6.45) is 4.48. The van der Waals surface area contributed by atoms with E-state index in [0.29, 0.717) is 11.9 Å². The smallest absolute Gasteiger partial charge is 0.305 e. The number of aliphatic hydroxyl groups is 1. The Morgan fingerprint density at radius 1 is 1.56 bits per heavy atom. The van der Waals surface area contributed by atoms with Crippen LogP contribution < -0.4 is 5.32 Å². The predicted octanol–water partition coefficient (Wildman–Crippen LogP) is 0.568. The zero-order valence-electron chi connectivity index (χ0n) is 8.54. The van der Waals surface area contributed by atoms with Crippen molar-refractivity contribution in [2.75, 3.05) is 11.9 Å². The van der Waals surface area contributed by atoms with E-state index in [-0.39, 0.29) is 18.3 Å². The van der Waals surface area contributed by atoms with Crippen LogP contribution in [0.15, 0.2) is 12.4 Å². The molecule has 1 aromatic rings. The average molecular weight is 224 g/mol. The maximum atomic E-state index is 10.4. The molecule has 7 nitrogen and oxygen atoms in total. The van der Waals surface area contributed by atoms with Gasteiger partial charge in [-0.2, -0.15) is 0 Å². The Kier molecular flexibility index (Phi) is 2.95. The molecule has 0 aromatic carbocycles. The van der Waals surface area contributed by atoms with Gasteiger partial charge in [0.25, 0.3) is 0 Å². The fraction of sp³-hybridized carbons (Fsp3) is 0.556. The lowest BCUT2D eigenvalue weighted by atomic mass is 10.2. The largest absolute Gasteiger partial charge is 0.394 e. The Morgan fingerprint density at radius 3 is 2.62 bits per heavy atom. The van der Waals surface area contributed by atoms with Crippen LogP contribution in [0.1, 0.15) is 12.8 Å². The van der Waals surface area contributed by atoms with Crippen LogP contribution in [0.3, 0.4) is 0 Å². The number of anilines is 1. The molecule has 0 amide bonds. The highest BCUT2D eigenvalue weighted by molar-refractivity contribution is 5.32. The summed E-state index contributed by atoms with van der Waals surface area (Å²) in [5.41, 5.74) is -0.141. The molecule has 0 bridgehead atoms. The summed E-state index contributed by atoms with van der Waals surface area (Å²) in [6, 6.07) is -0.0542. The van der Waals surface area contributed by atoms with Crippen LogP contribution >= 0.6 is 0 Å². The molecule has 0 saturated heterocycles. The summed E-state index contributed by atoms with van der Waals surface area (Å²) < 4.78 is 0. The van der Waals surface area contributed by atoms with Crippen LogP contribution in [0.25, 0.3) is 0 Å². The molecule has 0 spiro atoms. The zero-order chi connectivity index (χ0) is 11.5. The van der Waals surface area contributed by atoms with Gasteiger partial charge in [-0.1, -0.05) is 0 Å². The van der Waals surface area contributed by atoms with Crippen molar-refractivity contribution < 1.29 is 10.0 Å². The predicted molar refractivity (Wildman–Crippen MR) is 55.9 cm³/mol. The summed E-state index contributed by atoms with van der Waals surface area (Å²) in [6.45, 7) is 0.0189. The van der Waals surface area contributed by atoms with Crippen molar-refractivity contribution in [1.82, 2.24) is 9.97 Å². The molecular weight excluding hydrogens is 212 g/mol. The monoisotopic (exact) mass is 224 g/mol. The van der Waals surface area contributed by atoms with Gasteiger partial charge in [0, 0.05) is 0 Å². The summed E-state index contributed by atoms with van der Waals surface area (Å²) >= 11 is 0. The van der Waals surface area contributed by atoms with E-state index in [9.17, 15) is 10.1 Å². The van der Waals surface area contributed by atoms with Gasteiger partial charge < -0.3 is 10.4 Å². The Labute approximate surface area is 91.7 Å². The van der Waals surface area contributed by atoms with Gasteiger partial charge in [-0.05, 0) is 18.8 Å². The molecule has 0 unspecified atom stereocenters. The van der Waals surface area contributed by atoms with E-state index >= 15 is 0 Å². The quantitative estimate of drug-likeness (QED) is 0.560. The van der Waals surface area contributed by atoms with E-state index in [4.69, 9.17) is 5.11 Å². The van der Waals surface area contributed by atoms with Crippen LogP contribution in [0.4, 0.5) is 11.6 Å². The number of hydrogen-bond donors (Lipinski definition) is 2. The molecule has 1 aliphatic rings. The topological polar surface area (TPSA) is 101 Å². The van der Waals surface area contributed by atoms with E-state index in [2.05, 4.69) is 15.3 Å². The Bertz CT molecular complexity index is 377. The molecule has 1 aliphatic carbocycles. The lowest BCUT2D eigenvalue weighted by Crippen LogP contribution is -2.27. The van der Waals surface area contributed by atoms with E-state index in [1.807, 2.05) is 0 Å². The molecule has 0 radical (unpaired) electrons. The Hall–Kier alpha value is -1.76. The summed E-state index contributed by atoms with van der Waals surface area (Å²) in [5, 5.41) is 22.5. The molecule has 86 valence electrons. The molecule has 1 fully saturated rings. The van der Waals surface area contributed by atoms with Gasteiger partial charge in [0.2, 0.25) is 5.95 Å². The van der Waals surface area contributed by atoms with Crippen molar-refractivity contribution in [3.63, 3.8) is 0 Å². The van der Waals surface area contributed by atoms with Gasteiger partial charge in [0.05, 0.1) is 17.6 Å². The van der Waals surface area contributed by atoms with Crippen molar-refractivity contribution in [1.29, 1.82) is 0 Å². The van der Waals surface area contributed by atoms with Crippen molar-refractivity contribution in [2.45, 2.75) is 18.9 Å². The highest BCUT2D eigenvalue weighted by Crippen LogP contribution is 2.33. The van der Waals surface area contributed by atoms with Crippen molar-refractivity contribution in [3.8, 4) is 0 Å². The maximum Gasteiger partial charge on any atom is 0.305 e. The van der Waals surface area contributed by atoms with E-state index < -0.39 is 4.92 Å². The fourth-order valence-corrected chi connectivity index (χ4v) is 1.47. The highest BCUT2D eigenvalue weighted by Gasteiger charge is 2.31. The fourth-order valence-electron chi connectivity index (χ4n) is 1.47. The first-order valence-electron chi connectivity index (χ1n) is 5.04. The number of nitrogens with zero attached hydrogens (tertiary/aromatic N) is 3. The summed E-state index contributed by atoms with van der Waals surface area (Å²) in [5.74, 6) is 0.778. The molecule has 2 rings (SSSR count). The minimum absolute atomic E-state index is 0.0189. The zero-order valence-corrected chi connectivity index (χ0v) is 8.54. The molecule has 16 heavy (non-hydrogen) atoms. The van der Waals surface area contributed by atoms with Gasteiger partial charge in [0.1, 0.15) is 12.4 Å². The average Bonchev–Trinajstić information content (AvgIpc) is 3.10. The molecule has 1 saturated carbocycles. The van der Waals surface area contributed by atoms with Gasteiger partial charge in [0.15, 0.2) is 0 Å². The van der Waals surface area contributed by atoms with Crippen molar-refractivity contribution in [2.24, 2.45) is 5.92 Å². The first-order valence-corrected chi connectivity index (χ1v) is 5.04. The van der Waals surface area contributed by atoms with Gasteiger partial charge in [-0.15, -0.1) is 0 Å². The minimum Gasteiger partial charge on any atom is -0.394 e. The molecule has 2 N–H and O–H groups in total. The normalized spacial score (nSPS) is 16.8. The number of nitrogens with one attached hydrogen (secondary N) is 1. The Balaban J connectivity index is 2.01. The molecule has 0 aliphatic heterocycles. The van der Waals surface area contributed by atoms with Crippen LogP contribution in [-0.2, 0) is 0 Å². The number of nitro groups is 1. The Morgan fingerprint density at radius 2 is 2.19 bits per heavy atom. The number of rotatable bonds is 5. The highest BCUT2D eigenvalue weighted by atomic mass is 16.6. The number of aromatic nitrogens is 2. The standard InChI is InChI=1S/C9H12N4O3/c14-5-8(6-1-2-6)12-9-10-3-7(4-11-9)13(15)16/h3-4,6,8,14H,1-2,5H2,(H,10,11,12)/t8-/m0/s1. The minimum atomic E-state index is -0.547. The third kappa shape index (κ3) is 2.43. The molecular formula is C9H12N4O3. The summed E-state index contributed by atoms with van der Waals surface area (Å²) in [4.78, 5) is 17.5. The number of hydrogen-bond acceptors (Lipinski definition) is 6. The van der Waals surface area contributed by atoms with Crippen LogP contribution in [0.2, 0.25) is 0 Å². The first-order chi connectivity index (χ1) is 7.70. The first kappa shape index (κ1) is 10.7. The number of aliphatic hydroxyl groups excluding tert-OH is 1. The molecule has 1 heterocycles. The van der Waals surface area contributed by atoms with Crippen LogP contribution in [0.5, 0.6) is 0 Å². The second-order valence-electron chi connectivity index (χ2n) is 3.79. The third-order valence-corrected chi connectivity index (χ3v) is 2.55. The SMILES string of the molecule is O=[N+]([O-])c1cnc(N[C@@H](CO)C2CC2)nc1. The van der Waals surface area contributed by atoms with Gasteiger partial charge in [-0.25, -0.2) is 9.97 Å². The molecule has 1 aromatic heterocycles. The molecule has 7 heteroatoms. The van der Waals surface area contributed by atoms with Gasteiger partial charge in [-0.3, -0.25) is 10.1 Å². The van der Waals surface area contributed by atoms with E-state index in [1.165, 1.54) is 0 Å². The van der Waals surface area contributed by atoms with Crippen molar-refractivity contribution >= 4 is 11.6 Å². The summed E-state index contributed by atoms with van der Waals surface area (Å²) in [7, 11) is 0. The van der Waals surface area contributed by atoms with E-state index in [1.54, 1.807) is 0 Å². The van der Waals surface area contributed by atoms with Gasteiger partial charge >= 0.3 is 5.69 Å². The maximum absolute atomic E-state index is 10.4. The van der Waals surface area contributed by atoms with Crippen molar-refractivity contribution in [3.05, 3.63) is 22.5 Å². The molecule has 1 atom stereocenters.